The smallest absolute Gasteiger partial charge is 0.123 e. The second-order valence-electron chi connectivity index (χ2n) is 2.26. The van der Waals surface area contributed by atoms with Crippen molar-refractivity contribution in [2.24, 2.45) is 0 Å². The van der Waals surface area contributed by atoms with Crippen LogP contribution in [0.4, 0.5) is 0 Å². The predicted molar refractivity (Wildman–Crippen MR) is 45.7 cm³/mol. The molecule has 0 saturated carbocycles. The molecular formula is C10H11O. The summed E-state index contributed by atoms with van der Waals surface area (Å²) in [6.45, 7) is 6.10. The van der Waals surface area contributed by atoms with E-state index in [-0.39, 0.29) is 0 Å². The summed E-state index contributed by atoms with van der Waals surface area (Å²) >= 11 is 0. The summed E-state index contributed by atoms with van der Waals surface area (Å²) < 4.78 is 5.34. The van der Waals surface area contributed by atoms with Crippen LogP contribution < -0.4 is 4.74 Å². The van der Waals surface area contributed by atoms with Crippen molar-refractivity contribution in [2.45, 2.75) is 6.92 Å². The SMILES string of the molecule is C=CCOc1ccc[c]c1C. The minimum absolute atomic E-state index is 0.554. The third kappa shape index (κ3) is 2.11. The lowest BCUT2D eigenvalue weighted by Crippen LogP contribution is -1.94. The third-order valence-electron chi connectivity index (χ3n) is 1.37. The van der Waals surface area contributed by atoms with E-state index >= 15 is 0 Å². The van der Waals surface area contributed by atoms with Gasteiger partial charge in [0.15, 0.2) is 0 Å². The van der Waals surface area contributed by atoms with Crippen LogP contribution in [0.2, 0.25) is 0 Å². The van der Waals surface area contributed by atoms with Gasteiger partial charge in [0.25, 0.3) is 0 Å². The largest absolute Gasteiger partial charge is 0.489 e. The highest BCUT2D eigenvalue weighted by atomic mass is 16.5. The second kappa shape index (κ2) is 3.81. The third-order valence-corrected chi connectivity index (χ3v) is 1.37. The minimum Gasteiger partial charge on any atom is -0.489 e. The van der Waals surface area contributed by atoms with Gasteiger partial charge in [0, 0.05) is 0 Å². The molecule has 1 aromatic rings. The van der Waals surface area contributed by atoms with Crippen LogP contribution in [-0.4, -0.2) is 6.61 Å². The van der Waals surface area contributed by atoms with Gasteiger partial charge in [0.2, 0.25) is 0 Å². The lowest BCUT2D eigenvalue weighted by atomic mass is 10.2. The van der Waals surface area contributed by atoms with Crippen LogP contribution in [0.3, 0.4) is 0 Å². The summed E-state index contributed by atoms with van der Waals surface area (Å²) in [6, 6.07) is 8.75. The molecule has 1 rings (SSSR count). The molecule has 0 fully saturated rings. The number of hydrogen-bond acceptors (Lipinski definition) is 1. The Kier molecular flexibility index (Phi) is 2.73. The summed E-state index contributed by atoms with van der Waals surface area (Å²) in [4.78, 5) is 0. The highest BCUT2D eigenvalue weighted by Gasteiger charge is 1.94. The first-order valence-corrected chi connectivity index (χ1v) is 3.55. The fourth-order valence-corrected chi connectivity index (χ4v) is 0.810. The van der Waals surface area contributed by atoms with Crippen molar-refractivity contribution in [1.29, 1.82) is 0 Å². The Balaban J connectivity index is 2.69. The van der Waals surface area contributed by atoms with Gasteiger partial charge in [-0.3, -0.25) is 0 Å². The zero-order valence-corrected chi connectivity index (χ0v) is 6.63. The van der Waals surface area contributed by atoms with Crippen molar-refractivity contribution in [3.8, 4) is 5.75 Å². The van der Waals surface area contributed by atoms with Gasteiger partial charge in [-0.1, -0.05) is 24.8 Å². The van der Waals surface area contributed by atoms with E-state index in [0.717, 1.165) is 11.3 Å². The predicted octanol–water partition coefficient (Wildman–Crippen LogP) is 2.36. The van der Waals surface area contributed by atoms with E-state index in [2.05, 4.69) is 12.6 Å². The molecule has 0 aliphatic heterocycles. The van der Waals surface area contributed by atoms with Crippen molar-refractivity contribution >= 4 is 0 Å². The van der Waals surface area contributed by atoms with Crippen LogP contribution in [0, 0.1) is 13.0 Å². The molecule has 0 amide bonds. The molecule has 11 heavy (non-hydrogen) atoms. The molecule has 0 aliphatic rings. The van der Waals surface area contributed by atoms with Gasteiger partial charge in [-0.15, -0.1) is 0 Å². The van der Waals surface area contributed by atoms with Gasteiger partial charge >= 0.3 is 0 Å². The zero-order valence-electron chi connectivity index (χ0n) is 6.63. The van der Waals surface area contributed by atoms with Gasteiger partial charge in [-0.05, 0) is 24.6 Å². The van der Waals surface area contributed by atoms with Gasteiger partial charge in [0.1, 0.15) is 12.4 Å². The highest BCUT2D eigenvalue weighted by Crippen LogP contribution is 2.14. The topological polar surface area (TPSA) is 9.23 Å². The maximum Gasteiger partial charge on any atom is 0.123 e. The van der Waals surface area contributed by atoms with Crippen LogP contribution in [0.25, 0.3) is 0 Å². The van der Waals surface area contributed by atoms with Crippen LogP contribution >= 0.6 is 0 Å². The average Bonchev–Trinajstić information content (AvgIpc) is 2.03. The quantitative estimate of drug-likeness (QED) is 0.596. The van der Waals surface area contributed by atoms with Crippen molar-refractivity contribution < 1.29 is 4.74 Å². The molecule has 0 unspecified atom stereocenters. The van der Waals surface area contributed by atoms with Gasteiger partial charge < -0.3 is 4.74 Å². The van der Waals surface area contributed by atoms with E-state index in [4.69, 9.17) is 4.74 Å². The number of rotatable bonds is 3. The summed E-state index contributed by atoms with van der Waals surface area (Å²) in [5, 5.41) is 0. The van der Waals surface area contributed by atoms with E-state index < -0.39 is 0 Å². The van der Waals surface area contributed by atoms with Crippen LogP contribution in [0.5, 0.6) is 5.75 Å². The molecule has 57 valence electrons. The molecule has 0 spiro atoms. The van der Waals surface area contributed by atoms with Crippen molar-refractivity contribution in [3.05, 3.63) is 42.5 Å². The van der Waals surface area contributed by atoms with Crippen molar-refractivity contribution in [1.82, 2.24) is 0 Å². The molecule has 1 nitrogen and oxygen atoms in total. The van der Waals surface area contributed by atoms with E-state index in [0.29, 0.717) is 6.61 Å². The maximum atomic E-state index is 5.34. The molecule has 0 aliphatic carbocycles. The Hall–Kier alpha value is -1.24. The molecule has 1 aromatic carbocycles. The molecule has 0 heterocycles. The Morgan fingerprint density at radius 1 is 1.73 bits per heavy atom. The fraction of sp³-hybridized carbons (Fsp3) is 0.200. The van der Waals surface area contributed by atoms with E-state index in [1.54, 1.807) is 6.08 Å². The Bertz CT molecular complexity index is 240. The summed E-state index contributed by atoms with van der Waals surface area (Å²) in [5.41, 5.74) is 1.04. The van der Waals surface area contributed by atoms with Crippen LogP contribution in [0.15, 0.2) is 30.9 Å². The standard InChI is InChI=1S/C10H11O/c1-3-8-11-10-7-5-4-6-9(10)2/h3-5,7H,1,8H2,2H3. The summed E-state index contributed by atoms with van der Waals surface area (Å²) in [6.07, 6.45) is 1.73. The summed E-state index contributed by atoms with van der Waals surface area (Å²) in [7, 11) is 0. The average molecular weight is 147 g/mol. The van der Waals surface area contributed by atoms with Crippen LogP contribution in [0.1, 0.15) is 5.56 Å². The summed E-state index contributed by atoms with van der Waals surface area (Å²) in [5.74, 6) is 0.882. The maximum absolute atomic E-state index is 5.34. The van der Waals surface area contributed by atoms with Gasteiger partial charge in [-0.2, -0.15) is 0 Å². The Labute approximate surface area is 67.3 Å². The second-order valence-corrected chi connectivity index (χ2v) is 2.26. The molecule has 1 heteroatoms. The lowest BCUT2D eigenvalue weighted by molar-refractivity contribution is 0.360. The molecule has 0 aromatic heterocycles. The Morgan fingerprint density at radius 3 is 3.18 bits per heavy atom. The molecule has 0 saturated heterocycles. The molecule has 0 N–H and O–H groups in total. The highest BCUT2D eigenvalue weighted by molar-refractivity contribution is 5.30. The van der Waals surface area contributed by atoms with E-state index in [1.165, 1.54) is 0 Å². The van der Waals surface area contributed by atoms with Crippen molar-refractivity contribution in [2.75, 3.05) is 6.61 Å². The molecular weight excluding hydrogens is 136 g/mol. The normalized spacial score (nSPS) is 9.18. The first-order chi connectivity index (χ1) is 5.34. The van der Waals surface area contributed by atoms with Crippen LogP contribution in [-0.2, 0) is 0 Å². The Morgan fingerprint density at radius 2 is 2.55 bits per heavy atom. The number of hydrogen-bond donors (Lipinski definition) is 0. The lowest BCUT2D eigenvalue weighted by Gasteiger charge is -2.04. The van der Waals surface area contributed by atoms with Gasteiger partial charge in [0.05, 0.1) is 0 Å². The minimum atomic E-state index is 0.554. The number of benzene rings is 1. The van der Waals surface area contributed by atoms with Gasteiger partial charge in [-0.25, -0.2) is 0 Å². The van der Waals surface area contributed by atoms with E-state index in [1.807, 2.05) is 25.1 Å². The molecule has 0 atom stereocenters. The number of aryl methyl sites for hydroxylation is 1. The number of ether oxygens (including phenoxy) is 1. The van der Waals surface area contributed by atoms with E-state index in [9.17, 15) is 0 Å². The first kappa shape index (κ1) is 7.86. The zero-order chi connectivity index (χ0) is 8.10. The molecule has 1 radical (unpaired) electrons. The van der Waals surface area contributed by atoms with Crippen molar-refractivity contribution in [3.63, 3.8) is 0 Å². The molecule has 0 bridgehead atoms. The first-order valence-electron chi connectivity index (χ1n) is 3.55. The fourth-order valence-electron chi connectivity index (χ4n) is 0.810. The monoisotopic (exact) mass is 147 g/mol.